The molecule has 7 nitrogen and oxygen atoms in total. The fraction of sp³-hybridized carbons (Fsp3) is 0.565. The first-order valence-corrected chi connectivity index (χ1v) is 13.9. The molecule has 1 aromatic heterocycles. The summed E-state index contributed by atoms with van der Waals surface area (Å²) in [6.45, 7) is 5.24. The van der Waals surface area contributed by atoms with Gasteiger partial charge in [-0.3, -0.25) is 4.79 Å². The zero-order chi connectivity index (χ0) is 22.7. The van der Waals surface area contributed by atoms with Crippen LogP contribution in [-0.4, -0.2) is 47.0 Å². The third kappa shape index (κ3) is 5.05. The zero-order valence-corrected chi connectivity index (χ0v) is 20.5. The standard InChI is InChI=1S/C23H32N4O3S2/c1-17-18(2)27(20-10-4-3-5-11-20)23(24-17)31-16-22(28)25-19-9-8-12-21(15-19)32(29,30)26-13-6-7-14-26/h8-9,12,15,20H,3-7,10-11,13-14,16H2,1-2H3,(H,25,28). The van der Waals surface area contributed by atoms with Gasteiger partial charge in [-0.2, -0.15) is 4.31 Å². The second-order valence-corrected chi connectivity index (χ2v) is 11.6. The minimum absolute atomic E-state index is 0.167. The van der Waals surface area contributed by atoms with E-state index in [-0.39, 0.29) is 16.6 Å². The van der Waals surface area contributed by atoms with Gasteiger partial charge < -0.3 is 9.88 Å². The van der Waals surface area contributed by atoms with Gasteiger partial charge in [0.25, 0.3) is 0 Å². The van der Waals surface area contributed by atoms with E-state index in [4.69, 9.17) is 4.98 Å². The second-order valence-electron chi connectivity index (χ2n) is 8.70. The molecule has 2 aliphatic rings. The van der Waals surface area contributed by atoms with Gasteiger partial charge in [0.05, 0.1) is 16.3 Å². The lowest BCUT2D eigenvalue weighted by molar-refractivity contribution is -0.113. The lowest BCUT2D eigenvalue weighted by Crippen LogP contribution is -2.28. The summed E-state index contributed by atoms with van der Waals surface area (Å²) in [6, 6.07) is 7.00. The van der Waals surface area contributed by atoms with E-state index in [1.165, 1.54) is 41.0 Å². The Kier molecular flexibility index (Phi) is 7.27. The molecule has 1 aliphatic carbocycles. The summed E-state index contributed by atoms with van der Waals surface area (Å²) in [5, 5.41) is 3.75. The van der Waals surface area contributed by atoms with Gasteiger partial charge in [-0.1, -0.05) is 37.1 Å². The van der Waals surface area contributed by atoms with Crippen molar-refractivity contribution in [1.29, 1.82) is 0 Å². The third-order valence-corrected chi connectivity index (χ3v) is 9.29. The molecule has 4 rings (SSSR count). The van der Waals surface area contributed by atoms with E-state index in [2.05, 4.69) is 16.8 Å². The summed E-state index contributed by atoms with van der Waals surface area (Å²) in [5.74, 6) is 0.0605. The Balaban J connectivity index is 1.41. The van der Waals surface area contributed by atoms with E-state index in [0.29, 0.717) is 24.8 Å². The molecule has 2 heterocycles. The van der Waals surface area contributed by atoms with Crippen LogP contribution < -0.4 is 5.32 Å². The number of anilines is 1. The molecule has 32 heavy (non-hydrogen) atoms. The van der Waals surface area contributed by atoms with E-state index in [1.54, 1.807) is 24.3 Å². The highest BCUT2D eigenvalue weighted by atomic mass is 32.2. The van der Waals surface area contributed by atoms with Crippen LogP contribution in [0.1, 0.15) is 62.4 Å². The maximum Gasteiger partial charge on any atom is 0.243 e. The molecule has 0 atom stereocenters. The lowest BCUT2D eigenvalue weighted by Gasteiger charge is -2.26. The van der Waals surface area contributed by atoms with Crippen molar-refractivity contribution in [2.75, 3.05) is 24.2 Å². The first-order valence-electron chi connectivity index (χ1n) is 11.4. The Bertz CT molecular complexity index is 1070. The number of hydrogen-bond donors (Lipinski definition) is 1. The summed E-state index contributed by atoms with van der Waals surface area (Å²) >= 11 is 1.45. The van der Waals surface area contributed by atoms with Gasteiger partial charge in [-0.05, 0) is 57.7 Å². The van der Waals surface area contributed by atoms with Crippen molar-refractivity contribution < 1.29 is 13.2 Å². The molecule has 1 saturated heterocycles. The Morgan fingerprint density at radius 1 is 1.12 bits per heavy atom. The molecule has 174 valence electrons. The number of amides is 1. The molecular weight excluding hydrogens is 444 g/mol. The number of carbonyl (C=O) groups is 1. The molecule has 0 unspecified atom stereocenters. The van der Waals surface area contributed by atoms with E-state index in [9.17, 15) is 13.2 Å². The molecule has 2 aromatic rings. The topological polar surface area (TPSA) is 84.3 Å². The molecular formula is C23H32N4O3S2. The van der Waals surface area contributed by atoms with Crippen molar-refractivity contribution in [2.24, 2.45) is 0 Å². The molecule has 1 N–H and O–H groups in total. The van der Waals surface area contributed by atoms with Crippen LogP contribution in [0.25, 0.3) is 0 Å². The second kappa shape index (κ2) is 9.97. The maximum absolute atomic E-state index is 12.8. The average Bonchev–Trinajstić information content (AvgIpc) is 3.42. The largest absolute Gasteiger partial charge is 0.325 e. The van der Waals surface area contributed by atoms with Gasteiger partial charge in [-0.15, -0.1) is 0 Å². The fourth-order valence-corrected chi connectivity index (χ4v) is 7.13. The summed E-state index contributed by atoms with van der Waals surface area (Å²) in [5.41, 5.74) is 2.69. The number of carbonyl (C=O) groups excluding carboxylic acids is 1. The highest BCUT2D eigenvalue weighted by Crippen LogP contribution is 2.34. The number of nitrogens with zero attached hydrogens (tertiary/aromatic N) is 3. The van der Waals surface area contributed by atoms with Gasteiger partial charge in [0.2, 0.25) is 15.9 Å². The van der Waals surface area contributed by atoms with Gasteiger partial charge in [0.1, 0.15) is 0 Å². The smallest absolute Gasteiger partial charge is 0.243 e. The van der Waals surface area contributed by atoms with E-state index in [0.717, 1.165) is 36.5 Å². The van der Waals surface area contributed by atoms with Crippen LogP contribution in [-0.2, 0) is 14.8 Å². The fourth-order valence-electron chi connectivity index (χ4n) is 4.61. The number of benzene rings is 1. The van der Waals surface area contributed by atoms with Crippen molar-refractivity contribution in [3.63, 3.8) is 0 Å². The summed E-state index contributed by atoms with van der Waals surface area (Å²) in [6.07, 6.45) is 7.88. The lowest BCUT2D eigenvalue weighted by atomic mass is 9.95. The monoisotopic (exact) mass is 476 g/mol. The summed E-state index contributed by atoms with van der Waals surface area (Å²) < 4.78 is 29.4. The highest BCUT2D eigenvalue weighted by Gasteiger charge is 2.27. The molecule has 1 amide bonds. The highest BCUT2D eigenvalue weighted by molar-refractivity contribution is 7.99. The van der Waals surface area contributed by atoms with Crippen LogP contribution >= 0.6 is 11.8 Å². The van der Waals surface area contributed by atoms with E-state index in [1.807, 2.05) is 6.92 Å². The first kappa shape index (κ1) is 23.3. The number of hydrogen-bond acceptors (Lipinski definition) is 5. The summed E-state index contributed by atoms with van der Waals surface area (Å²) in [7, 11) is -3.51. The van der Waals surface area contributed by atoms with Crippen LogP contribution in [0.3, 0.4) is 0 Å². The molecule has 2 fully saturated rings. The zero-order valence-electron chi connectivity index (χ0n) is 18.8. The van der Waals surface area contributed by atoms with E-state index >= 15 is 0 Å². The van der Waals surface area contributed by atoms with Crippen molar-refractivity contribution in [3.8, 4) is 0 Å². The quantitative estimate of drug-likeness (QED) is 0.594. The Morgan fingerprint density at radius 2 is 1.84 bits per heavy atom. The van der Waals surface area contributed by atoms with Gasteiger partial charge in [0.15, 0.2) is 5.16 Å². The van der Waals surface area contributed by atoms with Crippen LogP contribution in [0.15, 0.2) is 34.3 Å². The molecule has 1 aromatic carbocycles. The average molecular weight is 477 g/mol. The van der Waals surface area contributed by atoms with Crippen LogP contribution in [0.2, 0.25) is 0 Å². The SMILES string of the molecule is Cc1nc(SCC(=O)Nc2cccc(S(=O)(=O)N3CCCC3)c2)n(C2CCCCC2)c1C. The number of sulfonamides is 1. The van der Waals surface area contributed by atoms with Gasteiger partial charge in [0, 0.05) is 30.5 Å². The molecule has 9 heteroatoms. The van der Waals surface area contributed by atoms with Crippen molar-refractivity contribution in [1.82, 2.24) is 13.9 Å². The normalized spacial score (nSPS) is 18.2. The number of thioether (sulfide) groups is 1. The van der Waals surface area contributed by atoms with Gasteiger partial charge >= 0.3 is 0 Å². The molecule has 1 saturated carbocycles. The number of aryl methyl sites for hydroxylation is 1. The Morgan fingerprint density at radius 3 is 2.56 bits per heavy atom. The molecule has 0 bridgehead atoms. The van der Waals surface area contributed by atoms with Crippen molar-refractivity contribution >= 4 is 33.4 Å². The minimum Gasteiger partial charge on any atom is -0.325 e. The summed E-state index contributed by atoms with van der Waals surface area (Å²) in [4.78, 5) is 17.6. The molecule has 0 spiro atoms. The van der Waals surface area contributed by atoms with Gasteiger partial charge in [-0.25, -0.2) is 13.4 Å². The molecule has 0 radical (unpaired) electrons. The number of aromatic nitrogens is 2. The maximum atomic E-state index is 12.8. The first-order chi connectivity index (χ1) is 15.4. The minimum atomic E-state index is -3.51. The number of nitrogens with one attached hydrogen (secondary N) is 1. The van der Waals surface area contributed by atoms with Crippen LogP contribution in [0.4, 0.5) is 5.69 Å². The number of imidazole rings is 1. The van der Waals surface area contributed by atoms with Crippen LogP contribution in [0.5, 0.6) is 0 Å². The molecule has 1 aliphatic heterocycles. The van der Waals surface area contributed by atoms with Crippen molar-refractivity contribution in [3.05, 3.63) is 35.7 Å². The number of rotatable bonds is 7. The Hall–Kier alpha value is -1.84. The predicted molar refractivity (Wildman–Crippen MR) is 128 cm³/mol. The van der Waals surface area contributed by atoms with Crippen molar-refractivity contribution in [2.45, 2.75) is 74.9 Å². The third-order valence-electron chi connectivity index (χ3n) is 6.45. The Labute approximate surface area is 195 Å². The van der Waals surface area contributed by atoms with E-state index < -0.39 is 10.0 Å². The predicted octanol–water partition coefficient (Wildman–Crippen LogP) is 4.52. The van der Waals surface area contributed by atoms with Crippen LogP contribution in [0, 0.1) is 13.8 Å².